The van der Waals surface area contributed by atoms with Gasteiger partial charge in [0.05, 0.1) is 0 Å². The topological polar surface area (TPSA) is 0 Å². The summed E-state index contributed by atoms with van der Waals surface area (Å²) < 4.78 is 0. The van der Waals surface area contributed by atoms with E-state index in [1.807, 2.05) is 6.08 Å². The summed E-state index contributed by atoms with van der Waals surface area (Å²) in [4.78, 5) is 0. The van der Waals surface area contributed by atoms with E-state index in [1.165, 1.54) is 35.1 Å². The quantitative estimate of drug-likeness (QED) is 0.448. The van der Waals surface area contributed by atoms with Gasteiger partial charge in [0.1, 0.15) is 0 Å². The lowest BCUT2D eigenvalue weighted by Gasteiger charge is -2.37. The van der Waals surface area contributed by atoms with Crippen LogP contribution in [-0.4, -0.2) is 0 Å². The minimum absolute atomic E-state index is 0.0494. The zero-order valence-corrected chi connectivity index (χ0v) is 14.8. The van der Waals surface area contributed by atoms with Gasteiger partial charge >= 0.3 is 0 Å². The summed E-state index contributed by atoms with van der Waals surface area (Å²) in [6, 6.07) is 0. The standard InChI is InChI=1S/C22H32/c1-7-13-17-22(12-6)20(11-5)18(9-3)15-16-19(10-4)21(22)14-8-2/h8-11,14H,3-5,7,12-13,15-17H2,1-2,6H3/b14-8-. The van der Waals surface area contributed by atoms with Gasteiger partial charge < -0.3 is 0 Å². The Labute approximate surface area is 137 Å². The highest BCUT2D eigenvalue weighted by atomic mass is 14.4. The molecule has 22 heavy (non-hydrogen) atoms. The van der Waals surface area contributed by atoms with E-state index in [0.29, 0.717) is 0 Å². The van der Waals surface area contributed by atoms with Gasteiger partial charge in [0.25, 0.3) is 0 Å². The van der Waals surface area contributed by atoms with Crippen molar-refractivity contribution in [1.82, 2.24) is 0 Å². The van der Waals surface area contributed by atoms with Crippen LogP contribution in [0.15, 0.2) is 72.4 Å². The fourth-order valence-corrected chi connectivity index (χ4v) is 3.79. The van der Waals surface area contributed by atoms with Crippen molar-refractivity contribution in [2.24, 2.45) is 5.41 Å². The molecule has 0 heteroatoms. The van der Waals surface area contributed by atoms with Crippen LogP contribution < -0.4 is 0 Å². The maximum atomic E-state index is 4.14. The third-order valence-corrected chi connectivity index (χ3v) is 4.98. The molecule has 0 aromatic carbocycles. The average Bonchev–Trinajstić information content (AvgIpc) is 2.67. The molecule has 0 bridgehead atoms. The van der Waals surface area contributed by atoms with Crippen LogP contribution in [0.3, 0.4) is 0 Å². The molecule has 0 N–H and O–H groups in total. The van der Waals surface area contributed by atoms with E-state index < -0.39 is 0 Å². The van der Waals surface area contributed by atoms with E-state index >= 15 is 0 Å². The maximum absolute atomic E-state index is 4.14. The monoisotopic (exact) mass is 296 g/mol. The molecule has 0 aliphatic heterocycles. The van der Waals surface area contributed by atoms with Gasteiger partial charge in [-0.3, -0.25) is 0 Å². The van der Waals surface area contributed by atoms with Crippen LogP contribution >= 0.6 is 0 Å². The molecule has 1 aliphatic rings. The van der Waals surface area contributed by atoms with Crippen molar-refractivity contribution in [2.75, 3.05) is 0 Å². The Balaban J connectivity index is 3.70. The first-order chi connectivity index (χ1) is 10.6. The fraction of sp³-hybridized carbons (Fsp3) is 0.455. The number of hydrogen-bond acceptors (Lipinski definition) is 0. The molecule has 0 fully saturated rings. The predicted molar refractivity (Wildman–Crippen MR) is 101 cm³/mol. The molecule has 0 aromatic rings. The lowest BCUT2D eigenvalue weighted by atomic mass is 9.66. The Kier molecular flexibility index (Phi) is 7.38. The van der Waals surface area contributed by atoms with Crippen molar-refractivity contribution < 1.29 is 0 Å². The summed E-state index contributed by atoms with van der Waals surface area (Å²) in [5.41, 5.74) is 5.60. The van der Waals surface area contributed by atoms with Crippen molar-refractivity contribution in [1.29, 1.82) is 0 Å². The van der Waals surface area contributed by atoms with E-state index in [-0.39, 0.29) is 5.41 Å². The fourth-order valence-electron chi connectivity index (χ4n) is 3.79. The maximum Gasteiger partial charge on any atom is 0.0205 e. The summed E-state index contributed by atoms with van der Waals surface area (Å²) in [7, 11) is 0. The summed E-state index contributed by atoms with van der Waals surface area (Å²) in [5, 5.41) is 0. The Morgan fingerprint density at radius 2 is 1.55 bits per heavy atom. The molecule has 0 spiro atoms. The van der Waals surface area contributed by atoms with Crippen LogP contribution in [-0.2, 0) is 0 Å². The Morgan fingerprint density at radius 1 is 0.955 bits per heavy atom. The molecule has 0 radical (unpaired) electrons. The van der Waals surface area contributed by atoms with Crippen molar-refractivity contribution in [3.05, 3.63) is 72.4 Å². The molecule has 120 valence electrons. The van der Waals surface area contributed by atoms with Crippen molar-refractivity contribution in [2.45, 2.75) is 59.3 Å². The van der Waals surface area contributed by atoms with Crippen molar-refractivity contribution in [3.63, 3.8) is 0 Å². The average molecular weight is 296 g/mol. The molecule has 0 amide bonds. The lowest BCUT2D eigenvalue weighted by molar-refractivity contribution is 0.379. The SMILES string of the molecule is C=CC1=C(C=C)C(CC)(CCCC)C(/C=C\C)=C(C=C)CC1. The van der Waals surface area contributed by atoms with Gasteiger partial charge in [0.15, 0.2) is 0 Å². The lowest BCUT2D eigenvalue weighted by Crippen LogP contribution is -2.25. The van der Waals surface area contributed by atoms with Crippen molar-refractivity contribution in [3.8, 4) is 0 Å². The van der Waals surface area contributed by atoms with E-state index in [4.69, 9.17) is 0 Å². The molecular weight excluding hydrogens is 264 g/mol. The van der Waals surface area contributed by atoms with Gasteiger partial charge in [-0.15, -0.1) is 0 Å². The van der Waals surface area contributed by atoms with Crippen LogP contribution in [0.5, 0.6) is 0 Å². The van der Waals surface area contributed by atoms with Crippen molar-refractivity contribution >= 4 is 0 Å². The van der Waals surface area contributed by atoms with Gasteiger partial charge in [-0.05, 0) is 54.9 Å². The first-order valence-corrected chi connectivity index (χ1v) is 8.62. The first-order valence-electron chi connectivity index (χ1n) is 8.62. The molecule has 0 heterocycles. The molecular formula is C22H32. The third kappa shape index (κ3) is 3.43. The van der Waals surface area contributed by atoms with E-state index in [2.05, 4.69) is 64.8 Å². The largest absolute Gasteiger partial charge is 0.0988 e. The van der Waals surface area contributed by atoms with Crippen LogP contribution in [0.4, 0.5) is 0 Å². The zero-order valence-electron chi connectivity index (χ0n) is 14.8. The predicted octanol–water partition coefficient (Wildman–Crippen LogP) is 7.09. The Bertz CT molecular complexity index is 510. The van der Waals surface area contributed by atoms with E-state index in [1.54, 1.807) is 0 Å². The van der Waals surface area contributed by atoms with Crippen LogP contribution in [0.25, 0.3) is 0 Å². The van der Waals surface area contributed by atoms with E-state index in [0.717, 1.165) is 25.7 Å². The normalized spacial score (nSPS) is 22.9. The number of allylic oxidation sites excluding steroid dienone is 9. The van der Waals surface area contributed by atoms with Crippen LogP contribution in [0.1, 0.15) is 59.3 Å². The Morgan fingerprint density at radius 3 is 1.95 bits per heavy atom. The van der Waals surface area contributed by atoms with E-state index in [9.17, 15) is 0 Å². The number of hydrogen-bond donors (Lipinski definition) is 0. The summed E-state index contributed by atoms with van der Waals surface area (Å²) in [6.45, 7) is 18.9. The second kappa shape index (κ2) is 8.78. The molecule has 1 aliphatic carbocycles. The molecule has 0 saturated carbocycles. The van der Waals surface area contributed by atoms with Crippen LogP contribution in [0.2, 0.25) is 0 Å². The smallest absolute Gasteiger partial charge is 0.0205 e. The second-order valence-corrected chi connectivity index (χ2v) is 6.03. The molecule has 1 unspecified atom stereocenters. The zero-order chi connectivity index (χ0) is 16.6. The summed E-state index contributed by atoms with van der Waals surface area (Å²) in [6.07, 6.45) is 17.4. The number of rotatable bonds is 8. The second-order valence-electron chi connectivity index (χ2n) is 6.03. The minimum Gasteiger partial charge on any atom is -0.0988 e. The van der Waals surface area contributed by atoms with Crippen LogP contribution in [0, 0.1) is 5.41 Å². The Hall–Kier alpha value is -1.56. The van der Waals surface area contributed by atoms with Gasteiger partial charge in [-0.2, -0.15) is 0 Å². The molecule has 0 aromatic heterocycles. The van der Waals surface area contributed by atoms with Gasteiger partial charge in [0.2, 0.25) is 0 Å². The summed E-state index contributed by atoms with van der Waals surface area (Å²) >= 11 is 0. The van der Waals surface area contributed by atoms with Gasteiger partial charge in [0, 0.05) is 5.41 Å². The highest BCUT2D eigenvalue weighted by molar-refractivity contribution is 5.52. The molecule has 0 saturated heterocycles. The first kappa shape index (κ1) is 18.5. The molecule has 1 atom stereocenters. The third-order valence-electron chi connectivity index (χ3n) is 4.98. The highest BCUT2D eigenvalue weighted by Crippen LogP contribution is 2.50. The minimum atomic E-state index is 0.0494. The number of unbranched alkanes of at least 4 members (excludes halogenated alkanes) is 1. The highest BCUT2D eigenvalue weighted by Gasteiger charge is 2.37. The van der Waals surface area contributed by atoms with Gasteiger partial charge in [-0.1, -0.05) is 76.8 Å². The van der Waals surface area contributed by atoms with Gasteiger partial charge in [-0.25, -0.2) is 0 Å². The molecule has 1 rings (SSSR count). The molecule has 0 nitrogen and oxygen atoms in total. The summed E-state index contributed by atoms with van der Waals surface area (Å²) in [5.74, 6) is 0.